The minimum Gasteiger partial charge on any atom is -0.494 e. The predicted octanol–water partition coefficient (Wildman–Crippen LogP) is 9.64. The molecule has 28 nitrogen and oxygen atoms in total. The molecule has 10 rings (SSSR count). The number of rotatable bonds is 33. The first-order valence-electron chi connectivity index (χ1n) is 37.3. The molecule has 1 aliphatic heterocycles. The van der Waals surface area contributed by atoms with Crippen molar-refractivity contribution in [3.05, 3.63) is 239 Å². The van der Waals surface area contributed by atoms with E-state index >= 15 is 19.2 Å². The first kappa shape index (κ1) is 83.1. The van der Waals surface area contributed by atoms with Crippen LogP contribution < -0.4 is 47.1 Å². The highest BCUT2D eigenvalue weighted by Crippen LogP contribution is 2.45. The van der Waals surface area contributed by atoms with E-state index in [4.69, 9.17) is 35.1 Å². The summed E-state index contributed by atoms with van der Waals surface area (Å²) in [7, 11) is -3.28. The smallest absolute Gasteiger partial charge is 0.419 e. The zero-order chi connectivity index (χ0) is 81.5. The molecule has 4 heterocycles. The lowest BCUT2D eigenvalue weighted by Crippen LogP contribution is -2.58. The third-order valence-corrected chi connectivity index (χ3v) is 21.3. The number of fused-ring (bicyclic) bond motifs is 2. The molecule has 3 aromatic heterocycles. The number of carbonyl (C=O) groups excluding carboxylic acids is 7. The molecule has 9 aromatic rings. The maximum absolute atomic E-state index is 15.7. The van der Waals surface area contributed by atoms with Gasteiger partial charge in [-0.05, 0) is 138 Å². The van der Waals surface area contributed by atoms with Crippen LogP contribution in [-0.4, -0.2) is 147 Å². The lowest BCUT2D eigenvalue weighted by atomic mass is 9.77. The Bertz CT molecular complexity index is 4960. The van der Waals surface area contributed by atoms with Crippen molar-refractivity contribution in [1.29, 1.82) is 5.41 Å². The van der Waals surface area contributed by atoms with Crippen LogP contribution >= 0.6 is 0 Å². The third-order valence-electron chi connectivity index (χ3n) is 19.7. The number of hydrogen-bond acceptors (Lipinski definition) is 18. The van der Waals surface area contributed by atoms with Crippen molar-refractivity contribution < 1.29 is 71.1 Å². The number of guanidine groups is 1. The number of methoxy groups -OCH3 is 1. The number of nitrogens with one attached hydrogen (secondary N) is 8. The lowest BCUT2D eigenvalue weighted by molar-refractivity contribution is -0.145. The number of benzene rings is 6. The Morgan fingerprint density at radius 3 is 1.83 bits per heavy atom. The van der Waals surface area contributed by atoms with Gasteiger partial charge in [-0.15, -0.1) is 0 Å². The van der Waals surface area contributed by atoms with Crippen molar-refractivity contribution >= 4 is 74.4 Å². The Morgan fingerprint density at radius 2 is 1.24 bits per heavy atom. The summed E-state index contributed by atoms with van der Waals surface area (Å²) < 4.78 is 57.4. The summed E-state index contributed by atoms with van der Waals surface area (Å²) >= 11 is 0. The number of hydrogen-bond donors (Lipinski definition) is 11. The molecule has 6 aromatic carbocycles. The van der Waals surface area contributed by atoms with Crippen molar-refractivity contribution in [3.63, 3.8) is 0 Å². The van der Waals surface area contributed by atoms with Crippen LogP contribution in [0.3, 0.4) is 0 Å². The Hall–Kier alpha value is -12.4. The molecule has 0 spiro atoms. The SMILES string of the molecule is C=CCOC(=O)NCCCC[C@H](NC(=O)[C@H](Cc1cn(C(=O)OC(C)(C)C)c2ccccc12)NC(=O)[C@H](CCCNC(=N)NS(=O)(=O)c1c(C)c(C)c2c(c1C)CC(C)(C)O2)NC(=O)[C@@H](Cc1ccccc1)NC(=O)[C@H](Cc1cn(C(c2ccccc2)(c2ccccc2)c2ccccc2)cn1)n1c(O)cc(N)c1O)C(=O)OC. The van der Waals surface area contributed by atoms with Crippen LogP contribution in [0.25, 0.3) is 10.9 Å². The van der Waals surface area contributed by atoms with E-state index in [0.29, 0.717) is 63.0 Å². The summed E-state index contributed by atoms with van der Waals surface area (Å²) in [6.45, 7) is 17.5. The van der Waals surface area contributed by atoms with Crippen LogP contribution in [-0.2, 0) is 79.4 Å². The number of para-hydroxylation sites is 1. The van der Waals surface area contributed by atoms with Gasteiger partial charge in [0, 0.05) is 68.2 Å². The fourth-order valence-corrected chi connectivity index (χ4v) is 15.8. The second kappa shape index (κ2) is 36.2. The van der Waals surface area contributed by atoms with Gasteiger partial charge in [-0.3, -0.25) is 33.7 Å². The van der Waals surface area contributed by atoms with Gasteiger partial charge in [-0.25, -0.2) is 32.5 Å². The van der Waals surface area contributed by atoms with Crippen LogP contribution in [0.4, 0.5) is 15.3 Å². The topological polar surface area (TPSA) is 393 Å². The monoisotopic (exact) mass is 1560 g/mol. The van der Waals surface area contributed by atoms with Gasteiger partial charge in [0.15, 0.2) is 5.88 Å². The first-order valence-corrected chi connectivity index (χ1v) is 38.7. The summed E-state index contributed by atoms with van der Waals surface area (Å²) in [5.74, 6) is -5.88. The quantitative estimate of drug-likeness (QED) is 0.00346. The minimum absolute atomic E-state index is 0.0101. The zero-order valence-corrected chi connectivity index (χ0v) is 65.6. The second-order valence-electron chi connectivity index (χ2n) is 29.5. The van der Waals surface area contributed by atoms with Gasteiger partial charge in [0.25, 0.3) is 10.0 Å². The number of carbonyl (C=O) groups is 7. The molecule has 113 heavy (non-hydrogen) atoms. The van der Waals surface area contributed by atoms with Crippen LogP contribution in [0.15, 0.2) is 188 Å². The van der Waals surface area contributed by atoms with Gasteiger partial charge in [0.1, 0.15) is 59.3 Å². The molecule has 0 radical (unpaired) electrons. The van der Waals surface area contributed by atoms with Gasteiger partial charge >= 0.3 is 18.2 Å². The summed E-state index contributed by atoms with van der Waals surface area (Å²) in [4.78, 5) is 107. The van der Waals surface area contributed by atoms with Gasteiger partial charge in [0.05, 0.1) is 35.2 Å². The Kier molecular flexibility index (Phi) is 26.6. The fourth-order valence-electron chi connectivity index (χ4n) is 14.3. The summed E-state index contributed by atoms with van der Waals surface area (Å²) in [6, 6.07) is 38.0. The van der Waals surface area contributed by atoms with E-state index in [0.717, 1.165) is 40.0 Å². The molecule has 5 atom stereocenters. The van der Waals surface area contributed by atoms with E-state index in [-0.39, 0.29) is 75.2 Å². The van der Waals surface area contributed by atoms with Crippen molar-refractivity contribution in [2.75, 3.05) is 32.5 Å². The van der Waals surface area contributed by atoms with Crippen molar-refractivity contribution in [3.8, 4) is 17.5 Å². The van der Waals surface area contributed by atoms with E-state index in [2.05, 4.69) is 43.2 Å². The molecule has 0 saturated carbocycles. The largest absolute Gasteiger partial charge is 0.494 e. The fraction of sp³-hybridized carbons (Fsp3) is 0.345. The molecular weight excluding hydrogens is 1460 g/mol. The zero-order valence-electron chi connectivity index (χ0n) is 64.8. The number of amides is 5. The Morgan fingerprint density at radius 1 is 0.690 bits per heavy atom. The van der Waals surface area contributed by atoms with Crippen LogP contribution in [0, 0.1) is 26.2 Å². The highest BCUT2D eigenvalue weighted by Gasteiger charge is 2.42. The van der Waals surface area contributed by atoms with Gasteiger partial charge in [-0.2, -0.15) is 0 Å². The standard InChI is InChI=1S/C84H99N13O15S/c1-11-43-110-80(105)88-41-27-26-38-65(78(104)109-10)91-75(101)67(45-56-49-96(81(106)112-82(5,6)7)68-40-25-24-37-61(56)68)92-73(99)64(39-28-42-87-79(86)94-113(107,108)72-53(3)52(2)71-62(54(72)4)48-83(8,9)111-71)90-74(100)66(44-55-29-16-12-17-30-55)93-76(102)69(97-70(98)47-63(85)77(97)103)46-60-50-95(51-89-60)84(57-31-18-13-19-32-57,58-33-20-14-21-34-58)59-35-22-15-23-36-59/h11-25,29-37,40,47,49-51,64-67,69,98,103H,1,26-28,38-39,41-46,48,85H2,2-10H3,(H,88,105)(H,90,100)(H,91,101)(H,92,99)(H,93,102)(H3,86,87,94)/t64-,65-,66+,67-,69-/m0/s1. The van der Waals surface area contributed by atoms with E-state index in [1.54, 1.807) is 109 Å². The Balaban J connectivity index is 0.998. The number of alkyl carbamates (subject to hydrolysis) is 1. The number of nitrogen functional groups attached to an aromatic ring is 1. The van der Waals surface area contributed by atoms with Crippen LogP contribution in [0.1, 0.15) is 129 Å². The summed E-state index contributed by atoms with van der Waals surface area (Å²) in [6.07, 6.45) is 4.56. The number of nitrogens with two attached hydrogens (primary N) is 1. The number of anilines is 1. The minimum atomic E-state index is -4.42. The second-order valence-corrected chi connectivity index (χ2v) is 31.2. The molecule has 12 N–H and O–H groups in total. The van der Waals surface area contributed by atoms with Crippen LogP contribution in [0.5, 0.6) is 17.5 Å². The number of aromatic nitrogens is 4. The molecule has 0 saturated heterocycles. The van der Waals surface area contributed by atoms with E-state index in [1.807, 2.05) is 109 Å². The summed E-state index contributed by atoms with van der Waals surface area (Å²) in [5.41, 5.74) is 9.83. The van der Waals surface area contributed by atoms with Crippen molar-refractivity contribution in [1.82, 2.24) is 55.3 Å². The van der Waals surface area contributed by atoms with E-state index < -0.39 is 116 Å². The highest BCUT2D eigenvalue weighted by molar-refractivity contribution is 7.90. The molecular formula is C84H99N13O15S. The Labute approximate surface area is 656 Å². The maximum Gasteiger partial charge on any atom is 0.419 e. The number of ether oxygens (including phenoxy) is 4. The van der Waals surface area contributed by atoms with Gasteiger partial charge < -0.3 is 71.4 Å². The number of unbranched alkanes of at least 4 members (excludes halogenated alkanes) is 1. The average Bonchev–Trinajstić information content (AvgIpc) is 1.73. The number of aromatic hydroxyl groups is 2. The molecule has 29 heteroatoms. The van der Waals surface area contributed by atoms with Gasteiger partial charge in [0.2, 0.25) is 35.5 Å². The number of sulfonamides is 1. The molecule has 0 fully saturated rings. The average molecular weight is 1560 g/mol. The molecule has 596 valence electrons. The predicted molar refractivity (Wildman–Crippen MR) is 427 cm³/mol. The normalized spacial score (nSPS) is 13.8. The lowest BCUT2D eigenvalue weighted by Gasteiger charge is -2.37. The van der Waals surface area contributed by atoms with Gasteiger partial charge in [-0.1, -0.05) is 152 Å². The third kappa shape index (κ3) is 19.9. The van der Waals surface area contributed by atoms with Crippen LogP contribution in [0.2, 0.25) is 0 Å². The first-order chi connectivity index (χ1) is 53.8. The molecule has 0 aliphatic carbocycles. The maximum atomic E-state index is 15.7. The number of nitrogens with zero attached hydrogens (tertiary/aromatic N) is 4. The molecule has 0 unspecified atom stereocenters. The number of esters is 1. The molecule has 0 bridgehead atoms. The van der Waals surface area contributed by atoms with Crippen molar-refractivity contribution in [2.24, 2.45) is 0 Å². The number of imidazole rings is 1. The van der Waals surface area contributed by atoms with E-state index in [1.165, 1.54) is 16.8 Å². The highest BCUT2D eigenvalue weighted by atomic mass is 32.2. The van der Waals surface area contributed by atoms with Crippen molar-refractivity contribution in [2.45, 2.75) is 165 Å². The summed E-state index contributed by atoms with van der Waals surface area (Å²) in [5, 5.41) is 49.4. The molecule has 1 aliphatic rings. The van der Waals surface area contributed by atoms with E-state index in [9.17, 15) is 33.0 Å². The molecule has 5 amide bonds.